The molecule has 1 unspecified atom stereocenters. The van der Waals surface area contributed by atoms with Crippen LogP contribution in [0.25, 0.3) is 11.1 Å². The largest absolute Gasteiger partial charge is 0.481 e. The minimum atomic E-state index is -0.808. The Bertz CT molecular complexity index is 1010. The lowest BCUT2D eigenvalue weighted by Gasteiger charge is -2.20. The summed E-state index contributed by atoms with van der Waals surface area (Å²) in [6, 6.07) is 16.0. The second kappa shape index (κ2) is 10.7. The van der Waals surface area contributed by atoms with Gasteiger partial charge in [0.2, 0.25) is 5.91 Å². The molecule has 2 aromatic rings. The van der Waals surface area contributed by atoms with Crippen molar-refractivity contribution in [3.63, 3.8) is 0 Å². The molecule has 2 aliphatic carbocycles. The molecule has 3 N–H and O–H groups in total. The van der Waals surface area contributed by atoms with E-state index in [9.17, 15) is 14.4 Å². The lowest BCUT2D eigenvalue weighted by atomic mass is 9.98. The molecule has 1 fully saturated rings. The maximum atomic E-state index is 12.6. The van der Waals surface area contributed by atoms with E-state index in [1.165, 1.54) is 11.1 Å². The third kappa shape index (κ3) is 5.58. The fourth-order valence-corrected chi connectivity index (χ4v) is 4.80. The SMILES string of the molecule is CCCCC(CC(=O)NC[C@@H]1C[C@@H]1C(=O)O)NC(=O)OCC1c2ccccc2-c2ccccc21. The zero-order valence-corrected chi connectivity index (χ0v) is 19.5. The first-order valence-corrected chi connectivity index (χ1v) is 12.1. The number of carbonyl (C=O) groups is 3. The van der Waals surface area contributed by atoms with Crippen LogP contribution >= 0.6 is 0 Å². The van der Waals surface area contributed by atoms with Crippen LogP contribution in [0.5, 0.6) is 0 Å². The van der Waals surface area contributed by atoms with E-state index in [0.717, 1.165) is 24.0 Å². The molecule has 7 heteroatoms. The average molecular weight is 465 g/mol. The first-order valence-electron chi connectivity index (χ1n) is 12.1. The molecule has 0 bridgehead atoms. The predicted octanol–water partition coefficient (Wildman–Crippen LogP) is 4.31. The van der Waals surface area contributed by atoms with E-state index in [1.807, 2.05) is 24.3 Å². The third-order valence-electron chi connectivity index (χ3n) is 6.80. The van der Waals surface area contributed by atoms with E-state index in [-0.39, 0.29) is 42.7 Å². The van der Waals surface area contributed by atoms with E-state index in [4.69, 9.17) is 9.84 Å². The number of benzene rings is 2. The van der Waals surface area contributed by atoms with E-state index >= 15 is 0 Å². The molecule has 2 aliphatic rings. The van der Waals surface area contributed by atoms with Gasteiger partial charge >= 0.3 is 12.1 Å². The van der Waals surface area contributed by atoms with Gasteiger partial charge in [0.25, 0.3) is 0 Å². The van der Waals surface area contributed by atoms with Crippen molar-refractivity contribution in [1.29, 1.82) is 0 Å². The molecule has 2 aromatic carbocycles. The molecular weight excluding hydrogens is 432 g/mol. The van der Waals surface area contributed by atoms with Crippen molar-refractivity contribution in [2.45, 2.75) is 51.0 Å². The molecule has 2 amide bonds. The molecule has 0 heterocycles. The van der Waals surface area contributed by atoms with Gasteiger partial charge in [0.15, 0.2) is 0 Å². The van der Waals surface area contributed by atoms with Crippen LogP contribution in [-0.2, 0) is 14.3 Å². The van der Waals surface area contributed by atoms with Gasteiger partial charge in [0.05, 0.1) is 5.92 Å². The van der Waals surface area contributed by atoms with Gasteiger partial charge in [-0.2, -0.15) is 0 Å². The van der Waals surface area contributed by atoms with Gasteiger partial charge in [-0.05, 0) is 41.0 Å². The molecule has 0 aromatic heterocycles. The normalized spacial score (nSPS) is 19.0. The van der Waals surface area contributed by atoms with Gasteiger partial charge in [-0.15, -0.1) is 0 Å². The van der Waals surface area contributed by atoms with Crippen LogP contribution in [0.3, 0.4) is 0 Å². The highest BCUT2D eigenvalue weighted by Crippen LogP contribution is 2.44. The van der Waals surface area contributed by atoms with E-state index in [2.05, 4.69) is 41.8 Å². The number of amides is 2. The van der Waals surface area contributed by atoms with Crippen LogP contribution in [0.4, 0.5) is 4.79 Å². The summed E-state index contributed by atoms with van der Waals surface area (Å²) in [5.74, 6) is -1.36. The van der Waals surface area contributed by atoms with Crippen LogP contribution in [0.15, 0.2) is 48.5 Å². The Morgan fingerprint density at radius 2 is 1.71 bits per heavy atom. The van der Waals surface area contributed by atoms with Crippen molar-refractivity contribution >= 4 is 18.0 Å². The molecule has 0 aliphatic heterocycles. The van der Waals surface area contributed by atoms with Crippen molar-refractivity contribution in [3.8, 4) is 11.1 Å². The quantitative estimate of drug-likeness (QED) is 0.460. The number of rotatable bonds is 11. The van der Waals surface area contributed by atoms with Gasteiger partial charge in [-0.3, -0.25) is 9.59 Å². The molecule has 0 saturated heterocycles. The summed E-state index contributed by atoms with van der Waals surface area (Å²) >= 11 is 0. The number of fused-ring (bicyclic) bond motifs is 3. The molecular formula is C27H32N2O5. The maximum Gasteiger partial charge on any atom is 0.407 e. The van der Waals surface area contributed by atoms with Crippen LogP contribution in [0.2, 0.25) is 0 Å². The topological polar surface area (TPSA) is 105 Å². The Labute approximate surface area is 199 Å². The molecule has 7 nitrogen and oxygen atoms in total. The summed E-state index contributed by atoms with van der Waals surface area (Å²) in [5.41, 5.74) is 4.65. The number of hydrogen-bond acceptors (Lipinski definition) is 4. The number of carboxylic acid groups (broad SMARTS) is 1. The fraction of sp³-hybridized carbons (Fsp3) is 0.444. The van der Waals surface area contributed by atoms with Crippen LogP contribution in [0.1, 0.15) is 56.1 Å². The van der Waals surface area contributed by atoms with Crippen LogP contribution in [0, 0.1) is 11.8 Å². The van der Waals surface area contributed by atoms with E-state index < -0.39 is 12.1 Å². The zero-order valence-electron chi connectivity index (χ0n) is 19.5. The Hall–Kier alpha value is -3.35. The second-order valence-corrected chi connectivity index (χ2v) is 9.26. The molecule has 0 radical (unpaired) electrons. The summed E-state index contributed by atoms with van der Waals surface area (Å²) in [6.45, 7) is 2.65. The lowest BCUT2D eigenvalue weighted by Crippen LogP contribution is -2.40. The number of nitrogens with one attached hydrogen (secondary N) is 2. The highest BCUT2D eigenvalue weighted by atomic mass is 16.5. The Kier molecular flexibility index (Phi) is 7.50. The monoisotopic (exact) mass is 464 g/mol. The summed E-state index contributed by atoms with van der Waals surface area (Å²) in [6.07, 6.45) is 2.73. The molecule has 0 spiro atoms. The summed E-state index contributed by atoms with van der Waals surface area (Å²) in [7, 11) is 0. The van der Waals surface area contributed by atoms with Crippen molar-refractivity contribution < 1.29 is 24.2 Å². The zero-order chi connectivity index (χ0) is 24.1. The number of hydrogen-bond donors (Lipinski definition) is 3. The Morgan fingerprint density at radius 3 is 2.29 bits per heavy atom. The van der Waals surface area contributed by atoms with E-state index in [1.54, 1.807) is 0 Å². The molecule has 180 valence electrons. The maximum absolute atomic E-state index is 12.6. The van der Waals surface area contributed by atoms with Gasteiger partial charge in [-0.1, -0.05) is 68.3 Å². The van der Waals surface area contributed by atoms with Crippen LogP contribution < -0.4 is 10.6 Å². The van der Waals surface area contributed by atoms with Gasteiger partial charge in [0, 0.05) is 24.9 Å². The summed E-state index contributed by atoms with van der Waals surface area (Å²) in [5, 5.41) is 14.7. The molecule has 34 heavy (non-hydrogen) atoms. The smallest absolute Gasteiger partial charge is 0.407 e. The highest BCUT2D eigenvalue weighted by Gasteiger charge is 2.43. The molecule has 4 rings (SSSR count). The second-order valence-electron chi connectivity index (χ2n) is 9.26. The third-order valence-corrected chi connectivity index (χ3v) is 6.80. The van der Waals surface area contributed by atoms with Crippen molar-refractivity contribution in [2.24, 2.45) is 11.8 Å². The lowest BCUT2D eigenvalue weighted by molar-refractivity contribution is -0.139. The standard InChI is InChI=1S/C27H32N2O5/c1-2-3-8-18(14-25(30)28-15-17-13-23(17)26(31)32)29-27(33)34-16-24-21-11-6-4-9-19(21)20-10-5-7-12-22(20)24/h4-7,9-12,17-18,23-24H,2-3,8,13-16H2,1H3,(H,28,30)(H,29,33)(H,31,32)/t17-,18?,23-/m0/s1. The molecule has 3 atom stereocenters. The number of aliphatic carboxylic acids is 1. The molecule has 1 saturated carbocycles. The fourth-order valence-electron chi connectivity index (χ4n) is 4.80. The predicted molar refractivity (Wildman–Crippen MR) is 128 cm³/mol. The van der Waals surface area contributed by atoms with E-state index in [0.29, 0.717) is 19.4 Å². The number of carbonyl (C=O) groups excluding carboxylic acids is 2. The number of ether oxygens (including phenoxy) is 1. The number of unbranched alkanes of at least 4 members (excludes halogenated alkanes) is 1. The Morgan fingerprint density at radius 1 is 1.06 bits per heavy atom. The minimum absolute atomic E-state index is 0.00522. The van der Waals surface area contributed by atoms with Gasteiger partial charge in [-0.25, -0.2) is 4.79 Å². The van der Waals surface area contributed by atoms with Crippen molar-refractivity contribution in [1.82, 2.24) is 10.6 Å². The summed E-state index contributed by atoms with van der Waals surface area (Å²) in [4.78, 5) is 36.0. The number of carboxylic acids is 1. The average Bonchev–Trinajstić information content (AvgIpc) is 3.55. The summed E-state index contributed by atoms with van der Waals surface area (Å²) < 4.78 is 5.63. The Balaban J connectivity index is 1.30. The van der Waals surface area contributed by atoms with Gasteiger partial charge in [0.1, 0.15) is 6.61 Å². The first-order chi connectivity index (χ1) is 16.5. The highest BCUT2D eigenvalue weighted by molar-refractivity contribution is 5.80. The minimum Gasteiger partial charge on any atom is -0.481 e. The van der Waals surface area contributed by atoms with Crippen molar-refractivity contribution in [3.05, 3.63) is 59.7 Å². The number of alkyl carbamates (subject to hydrolysis) is 1. The van der Waals surface area contributed by atoms with Crippen molar-refractivity contribution in [2.75, 3.05) is 13.2 Å². The first kappa shape index (κ1) is 23.8. The van der Waals surface area contributed by atoms with Crippen LogP contribution in [-0.4, -0.2) is 42.3 Å². The van der Waals surface area contributed by atoms with Gasteiger partial charge < -0.3 is 20.5 Å².